The monoisotopic (exact) mass is 231 g/mol. The fourth-order valence-corrected chi connectivity index (χ4v) is 2.35. The Morgan fingerprint density at radius 1 is 1.53 bits per heavy atom. The Bertz CT molecular complexity index is 245. The van der Waals surface area contributed by atoms with Crippen LogP contribution in [0.2, 0.25) is 0 Å². The van der Waals surface area contributed by atoms with Crippen LogP contribution in [0, 0.1) is 5.92 Å². The molecule has 86 valence electrons. The van der Waals surface area contributed by atoms with Crippen LogP contribution in [-0.4, -0.2) is 47.0 Å². The Balaban J connectivity index is 2.41. The molecule has 1 aliphatic heterocycles. The van der Waals surface area contributed by atoms with E-state index in [4.69, 9.17) is 5.11 Å². The second kappa shape index (κ2) is 6.00. The standard InChI is InChI=1S/C10H17NO3S/c1-15-7-9(12)11-4-2-3-8(6-11)5-10(13)14/h8H,2-7H2,1H3,(H,13,14). The van der Waals surface area contributed by atoms with Gasteiger partial charge in [0, 0.05) is 19.5 Å². The highest BCUT2D eigenvalue weighted by Gasteiger charge is 2.24. The predicted molar refractivity (Wildman–Crippen MR) is 59.9 cm³/mol. The first-order valence-electron chi connectivity index (χ1n) is 5.12. The third kappa shape index (κ3) is 4.11. The second-order valence-electron chi connectivity index (χ2n) is 3.88. The Kier molecular flexibility index (Phi) is 4.94. The number of carbonyl (C=O) groups is 2. The Hall–Kier alpha value is -0.710. The number of aliphatic carboxylic acids is 1. The maximum Gasteiger partial charge on any atom is 0.303 e. The molecule has 1 amide bonds. The lowest BCUT2D eigenvalue weighted by atomic mass is 9.95. The smallest absolute Gasteiger partial charge is 0.303 e. The van der Waals surface area contributed by atoms with Crippen LogP contribution in [0.1, 0.15) is 19.3 Å². The van der Waals surface area contributed by atoms with Crippen molar-refractivity contribution in [1.29, 1.82) is 0 Å². The van der Waals surface area contributed by atoms with Crippen molar-refractivity contribution in [2.45, 2.75) is 19.3 Å². The molecule has 1 heterocycles. The van der Waals surface area contributed by atoms with Crippen molar-refractivity contribution in [2.24, 2.45) is 5.92 Å². The van der Waals surface area contributed by atoms with Crippen molar-refractivity contribution >= 4 is 23.6 Å². The SMILES string of the molecule is CSCC(=O)N1CCCC(CC(=O)O)C1. The van der Waals surface area contributed by atoms with Gasteiger partial charge in [-0.15, -0.1) is 0 Å². The number of rotatable bonds is 4. The van der Waals surface area contributed by atoms with Crippen LogP contribution in [0.5, 0.6) is 0 Å². The molecule has 1 N–H and O–H groups in total. The van der Waals surface area contributed by atoms with Gasteiger partial charge in [-0.25, -0.2) is 0 Å². The van der Waals surface area contributed by atoms with Gasteiger partial charge in [0.05, 0.1) is 5.75 Å². The lowest BCUT2D eigenvalue weighted by Crippen LogP contribution is -2.41. The Labute approximate surface area is 94.0 Å². The quantitative estimate of drug-likeness (QED) is 0.786. The molecule has 5 heteroatoms. The van der Waals surface area contributed by atoms with Gasteiger partial charge in [0.15, 0.2) is 0 Å². The van der Waals surface area contributed by atoms with Crippen molar-refractivity contribution in [3.63, 3.8) is 0 Å². The molecule has 0 aliphatic carbocycles. The fraction of sp³-hybridized carbons (Fsp3) is 0.800. The van der Waals surface area contributed by atoms with E-state index in [0.29, 0.717) is 12.3 Å². The highest BCUT2D eigenvalue weighted by atomic mass is 32.2. The van der Waals surface area contributed by atoms with E-state index in [-0.39, 0.29) is 18.2 Å². The molecule has 1 rings (SSSR count). The van der Waals surface area contributed by atoms with Crippen molar-refractivity contribution in [2.75, 3.05) is 25.1 Å². The molecule has 0 aromatic rings. The zero-order chi connectivity index (χ0) is 11.3. The number of hydrogen-bond acceptors (Lipinski definition) is 3. The summed E-state index contributed by atoms with van der Waals surface area (Å²) in [7, 11) is 0. The molecule has 1 saturated heterocycles. The van der Waals surface area contributed by atoms with Gasteiger partial charge in [0.2, 0.25) is 5.91 Å². The minimum atomic E-state index is -0.765. The topological polar surface area (TPSA) is 57.6 Å². The Morgan fingerprint density at radius 3 is 2.87 bits per heavy atom. The van der Waals surface area contributed by atoms with E-state index in [9.17, 15) is 9.59 Å². The third-order valence-corrected chi connectivity index (χ3v) is 3.14. The van der Waals surface area contributed by atoms with Crippen LogP contribution in [0.4, 0.5) is 0 Å². The molecule has 1 fully saturated rings. The zero-order valence-electron chi connectivity index (χ0n) is 8.94. The van der Waals surface area contributed by atoms with Gasteiger partial charge >= 0.3 is 5.97 Å². The molecule has 0 saturated carbocycles. The molecule has 0 spiro atoms. The maximum atomic E-state index is 11.6. The zero-order valence-corrected chi connectivity index (χ0v) is 9.76. The Morgan fingerprint density at radius 2 is 2.27 bits per heavy atom. The van der Waals surface area contributed by atoms with Crippen LogP contribution in [0.25, 0.3) is 0 Å². The number of carboxylic acid groups (broad SMARTS) is 1. The van der Waals surface area contributed by atoms with Crippen LogP contribution in [0.3, 0.4) is 0 Å². The molecule has 0 aromatic carbocycles. The number of nitrogens with zero attached hydrogens (tertiary/aromatic N) is 1. The van der Waals surface area contributed by atoms with E-state index in [1.165, 1.54) is 11.8 Å². The maximum absolute atomic E-state index is 11.6. The molecule has 0 aromatic heterocycles. The second-order valence-corrected chi connectivity index (χ2v) is 4.74. The van der Waals surface area contributed by atoms with Crippen LogP contribution in [-0.2, 0) is 9.59 Å². The summed E-state index contributed by atoms with van der Waals surface area (Å²) in [6, 6.07) is 0. The molecule has 0 radical (unpaired) electrons. The summed E-state index contributed by atoms with van der Waals surface area (Å²) in [6.45, 7) is 1.40. The van der Waals surface area contributed by atoms with Gasteiger partial charge in [0.1, 0.15) is 0 Å². The first-order chi connectivity index (χ1) is 7.13. The highest BCUT2D eigenvalue weighted by molar-refractivity contribution is 7.99. The van der Waals surface area contributed by atoms with Gasteiger partial charge < -0.3 is 10.0 Å². The lowest BCUT2D eigenvalue weighted by Gasteiger charge is -2.32. The normalized spacial score (nSPS) is 21.4. The van der Waals surface area contributed by atoms with Gasteiger partial charge in [-0.1, -0.05) is 0 Å². The molecular formula is C10H17NO3S. The summed E-state index contributed by atoms with van der Waals surface area (Å²) in [5, 5.41) is 8.69. The van der Waals surface area contributed by atoms with Crippen LogP contribution in [0.15, 0.2) is 0 Å². The fourth-order valence-electron chi connectivity index (χ4n) is 1.92. The first kappa shape index (κ1) is 12.4. The molecule has 1 aliphatic rings. The number of piperidine rings is 1. The van der Waals surface area contributed by atoms with Crippen LogP contribution < -0.4 is 0 Å². The van der Waals surface area contributed by atoms with Gasteiger partial charge in [0.25, 0.3) is 0 Å². The minimum Gasteiger partial charge on any atom is -0.481 e. The van der Waals surface area contributed by atoms with E-state index < -0.39 is 5.97 Å². The first-order valence-corrected chi connectivity index (χ1v) is 6.51. The summed E-state index contributed by atoms with van der Waals surface area (Å²) in [6.07, 6.45) is 3.94. The average Bonchev–Trinajstić information content (AvgIpc) is 2.17. The molecule has 0 bridgehead atoms. The van der Waals surface area contributed by atoms with Gasteiger partial charge in [-0.2, -0.15) is 11.8 Å². The third-order valence-electron chi connectivity index (χ3n) is 2.60. The molecular weight excluding hydrogens is 214 g/mol. The number of carbonyl (C=O) groups excluding carboxylic acids is 1. The van der Waals surface area contributed by atoms with E-state index in [1.54, 1.807) is 4.90 Å². The van der Waals surface area contributed by atoms with E-state index >= 15 is 0 Å². The number of thioether (sulfide) groups is 1. The van der Waals surface area contributed by atoms with E-state index in [0.717, 1.165) is 19.4 Å². The van der Waals surface area contributed by atoms with Crippen molar-refractivity contribution in [3.05, 3.63) is 0 Å². The number of likely N-dealkylation sites (tertiary alicyclic amines) is 1. The summed E-state index contributed by atoms with van der Waals surface area (Å²) in [5.74, 6) is 0.0126. The van der Waals surface area contributed by atoms with Gasteiger partial charge in [-0.3, -0.25) is 9.59 Å². The highest BCUT2D eigenvalue weighted by Crippen LogP contribution is 2.20. The van der Waals surface area contributed by atoms with Crippen molar-refractivity contribution in [3.8, 4) is 0 Å². The summed E-state index contributed by atoms with van der Waals surface area (Å²) >= 11 is 1.51. The van der Waals surface area contributed by atoms with Crippen molar-refractivity contribution < 1.29 is 14.7 Å². The number of carboxylic acids is 1. The number of hydrogen-bond donors (Lipinski definition) is 1. The summed E-state index contributed by atoms with van der Waals surface area (Å²) < 4.78 is 0. The number of amides is 1. The lowest BCUT2D eigenvalue weighted by molar-refractivity contribution is -0.140. The summed E-state index contributed by atoms with van der Waals surface area (Å²) in [5.41, 5.74) is 0. The van der Waals surface area contributed by atoms with E-state index in [2.05, 4.69) is 0 Å². The predicted octanol–water partition coefficient (Wildman–Crippen LogP) is 1.06. The van der Waals surface area contributed by atoms with Crippen LogP contribution >= 0.6 is 11.8 Å². The average molecular weight is 231 g/mol. The van der Waals surface area contributed by atoms with Crippen molar-refractivity contribution in [1.82, 2.24) is 4.90 Å². The molecule has 15 heavy (non-hydrogen) atoms. The van der Waals surface area contributed by atoms with Gasteiger partial charge in [-0.05, 0) is 25.0 Å². The molecule has 4 nitrogen and oxygen atoms in total. The molecule has 1 atom stereocenters. The molecule has 1 unspecified atom stereocenters. The van der Waals surface area contributed by atoms with E-state index in [1.807, 2.05) is 6.26 Å². The minimum absolute atomic E-state index is 0.137. The largest absolute Gasteiger partial charge is 0.481 e. The summed E-state index contributed by atoms with van der Waals surface area (Å²) in [4.78, 5) is 23.9.